The maximum atomic E-state index is 11.6. The first-order valence-corrected chi connectivity index (χ1v) is 5.73. The van der Waals surface area contributed by atoms with Crippen molar-refractivity contribution in [1.29, 1.82) is 0 Å². The number of amides is 1. The van der Waals surface area contributed by atoms with Gasteiger partial charge in [-0.05, 0) is 12.8 Å². The monoisotopic (exact) mass is 208 g/mol. The van der Waals surface area contributed by atoms with Crippen molar-refractivity contribution in [3.63, 3.8) is 0 Å². The van der Waals surface area contributed by atoms with Crippen LogP contribution >= 0.6 is 0 Å². The maximum Gasteiger partial charge on any atom is 0.238 e. The number of nitrogens with two attached hydrogens (primary N) is 1. The van der Waals surface area contributed by atoms with Crippen molar-refractivity contribution >= 4 is 5.91 Å². The first-order valence-electron chi connectivity index (χ1n) is 5.73. The first kappa shape index (κ1) is 12.1. The molecule has 1 aliphatic rings. The highest BCUT2D eigenvalue weighted by molar-refractivity contribution is 5.82. The molecule has 0 bridgehead atoms. The van der Waals surface area contributed by atoms with Crippen LogP contribution in [0.25, 0.3) is 0 Å². The molecule has 1 rings (SSSR count). The van der Waals surface area contributed by atoms with Crippen LogP contribution in [-0.4, -0.2) is 18.0 Å². The molecule has 1 aliphatic carbocycles. The second-order valence-electron chi connectivity index (χ2n) is 4.21. The van der Waals surface area contributed by atoms with E-state index < -0.39 is 6.04 Å². The maximum absolute atomic E-state index is 11.6. The van der Waals surface area contributed by atoms with Crippen molar-refractivity contribution in [3.8, 4) is 12.3 Å². The average Bonchev–Trinajstić information content (AvgIpc) is 2.46. The Morgan fingerprint density at radius 1 is 1.40 bits per heavy atom. The molecule has 1 unspecified atom stereocenters. The van der Waals surface area contributed by atoms with Crippen LogP contribution < -0.4 is 11.1 Å². The summed E-state index contributed by atoms with van der Waals surface area (Å²) in [6.45, 7) is 0. The Labute approximate surface area is 91.8 Å². The summed E-state index contributed by atoms with van der Waals surface area (Å²) in [6, 6.07) is -0.234. The van der Waals surface area contributed by atoms with Crippen LogP contribution in [0.5, 0.6) is 0 Å². The van der Waals surface area contributed by atoms with Gasteiger partial charge >= 0.3 is 0 Å². The molecule has 0 aromatic rings. The summed E-state index contributed by atoms with van der Waals surface area (Å²) in [5.74, 6) is 2.31. The van der Waals surface area contributed by atoms with E-state index in [0.717, 1.165) is 12.8 Å². The Balaban J connectivity index is 2.32. The third kappa shape index (κ3) is 4.35. The normalized spacial score (nSPS) is 20.0. The number of terminal acetylenes is 1. The molecule has 0 spiro atoms. The van der Waals surface area contributed by atoms with E-state index in [-0.39, 0.29) is 5.91 Å². The van der Waals surface area contributed by atoms with Crippen LogP contribution in [0.2, 0.25) is 0 Å². The van der Waals surface area contributed by atoms with Gasteiger partial charge in [0.15, 0.2) is 0 Å². The van der Waals surface area contributed by atoms with Gasteiger partial charge in [-0.3, -0.25) is 4.79 Å². The topological polar surface area (TPSA) is 55.1 Å². The Bertz CT molecular complexity index is 236. The number of hydrogen-bond donors (Lipinski definition) is 2. The van der Waals surface area contributed by atoms with Crippen molar-refractivity contribution in [2.24, 2.45) is 5.73 Å². The van der Waals surface area contributed by atoms with Gasteiger partial charge in [-0.15, -0.1) is 12.3 Å². The lowest BCUT2D eigenvalue weighted by molar-refractivity contribution is -0.123. The van der Waals surface area contributed by atoms with Crippen molar-refractivity contribution in [2.75, 3.05) is 0 Å². The third-order valence-corrected chi connectivity index (χ3v) is 2.88. The molecule has 1 atom stereocenters. The van der Waals surface area contributed by atoms with Gasteiger partial charge in [-0.2, -0.15) is 0 Å². The van der Waals surface area contributed by atoms with E-state index in [4.69, 9.17) is 12.2 Å². The van der Waals surface area contributed by atoms with Gasteiger partial charge in [0.1, 0.15) is 0 Å². The summed E-state index contributed by atoms with van der Waals surface area (Å²) < 4.78 is 0. The Kier molecular flexibility index (Phi) is 5.20. The average molecular weight is 208 g/mol. The lowest BCUT2D eigenvalue weighted by Crippen LogP contribution is -2.45. The van der Waals surface area contributed by atoms with Gasteiger partial charge in [0, 0.05) is 12.5 Å². The molecule has 15 heavy (non-hydrogen) atoms. The largest absolute Gasteiger partial charge is 0.352 e. The lowest BCUT2D eigenvalue weighted by atomic mass is 10.1. The molecule has 84 valence electrons. The van der Waals surface area contributed by atoms with E-state index in [9.17, 15) is 4.79 Å². The van der Waals surface area contributed by atoms with Gasteiger partial charge in [0.05, 0.1) is 6.04 Å². The van der Waals surface area contributed by atoms with Crippen LogP contribution in [-0.2, 0) is 4.79 Å². The smallest absolute Gasteiger partial charge is 0.238 e. The second kappa shape index (κ2) is 6.47. The van der Waals surface area contributed by atoms with Crippen molar-refractivity contribution in [3.05, 3.63) is 0 Å². The summed E-state index contributed by atoms with van der Waals surface area (Å²) in [6.07, 6.45) is 12.6. The minimum Gasteiger partial charge on any atom is -0.352 e. The summed E-state index contributed by atoms with van der Waals surface area (Å²) in [7, 11) is 0. The third-order valence-electron chi connectivity index (χ3n) is 2.88. The number of carbonyl (C=O) groups is 1. The van der Waals surface area contributed by atoms with E-state index >= 15 is 0 Å². The Hall–Kier alpha value is -1.01. The molecule has 1 fully saturated rings. The van der Waals surface area contributed by atoms with Gasteiger partial charge in [-0.1, -0.05) is 25.7 Å². The zero-order valence-electron chi connectivity index (χ0n) is 9.17. The van der Waals surface area contributed by atoms with E-state index in [1.54, 1.807) is 0 Å². The Morgan fingerprint density at radius 2 is 2.00 bits per heavy atom. The molecule has 3 nitrogen and oxygen atoms in total. The highest BCUT2D eigenvalue weighted by Crippen LogP contribution is 2.17. The highest BCUT2D eigenvalue weighted by Gasteiger charge is 2.18. The van der Waals surface area contributed by atoms with E-state index in [0.29, 0.717) is 12.5 Å². The molecular weight excluding hydrogens is 188 g/mol. The number of nitrogens with one attached hydrogen (secondary N) is 1. The first-order chi connectivity index (χ1) is 7.24. The Morgan fingerprint density at radius 3 is 2.53 bits per heavy atom. The van der Waals surface area contributed by atoms with Crippen LogP contribution in [0.1, 0.15) is 44.9 Å². The number of rotatable bonds is 3. The number of carbonyl (C=O) groups excluding carboxylic acids is 1. The fourth-order valence-electron chi connectivity index (χ4n) is 1.95. The predicted molar refractivity (Wildman–Crippen MR) is 61.1 cm³/mol. The van der Waals surface area contributed by atoms with Gasteiger partial charge < -0.3 is 11.1 Å². The van der Waals surface area contributed by atoms with Gasteiger partial charge in [0.25, 0.3) is 0 Å². The zero-order valence-corrected chi connectivity index (χ0v) is 9.17. The minimum atomic E-state index is -0.543. The fourth-order valence-corrected chi connectivity index (χ4v) is 1.95. The molecule has 1 saturated carbocycles. The molecule has 0 radical (unpaired) electrons. The molecule has 3 heteroatoms. The quantitative estimate of drug-likeness (QED) is 0.540. The van der Waals surface area contributed by atoms with Crippen LogP contribution in [0, 0.1) is 12.3 Å². The van der Waals surface area contributed by atoms with E-state index in [1.165, 1.54) is 25.7 Å². The van der Waals surface area contributed by atoms with E-state index in [2.05, 4.69) is 11.2 Å². The standard InChI is InChI=1S/C12H20N2O/c1-2-7-11(13)12(15)14-10-8-5-3-4-6-9-10/h1,10-11H,3-9,13H2,(H,14,15). The summed E-state index contributed by atoms with van der Waals surface area (Å²) in [4.78, 5) is 11.6. The number of hydrogen-bond acceptors (Lipinski definition) is 2. The zero-order chi connectivity index (χ0) is 11.1. The summed E-state index contributed by atoms with van der Waals surface area (Å²) in [5.41, 5.74) is 5.63. The van der Waals surface area contributed by atoms with Crippen LogP contribution in [0.15, 0.2) is 0 Å². The van der Waals surface area contributed by atoms with Crippen molar-refractivity contribution < 1.29 is 4.79 Å². The summed E-state index contributed by atoms with van der Waals surface area (Å²) in [5, 5.41) is 2.98. The van der Waals surface area contributed by atoms with Crippen molar-refractivity contribution in [2.45, 2.75) is 57.0 Å². The second-order valence-corrected chi connectivity index (χ2v) is 4.21. The SMILES string of the molecule is C#CCC(N)C(=O)NC1CCCCCC1. The summed E-state index contributed by atoms with van der Waals surface area (Å²) >= 11 is 0. The van der Waals surface area contributed by atoms with E-state index in [1.807, 2.05) is 0 Å². The highest BCUT2D eigenvalue weighted by atomic mass is 16.2. The van der Waals surface area contributed by atoms with Crippen LogP contribution in [0.4, 0.5) is 0 Å². The minimum absolute atomic E-state index is 0.0974. The molecular formula is C12H20N2O. The molecule has 1 amide bonds. The lowest BCUT2D eigenvalue weighted by Gasteiger charge is -2.18. The van der Waals surface area contributed by atoms with Crippen molar-refractivity contribution in [1.82, 2.24) is 5.32 Å². The molecule has 0 saturated heterocycles. The van der Waals surface area contributed by atoms with Gasteiger partial charge in [-0.25, -0.2) is 0 Å². The molecule has 0 heterocycles. The molecule has 0 aromatic carbocycles. The fraction of sp³-hybridized carbons (Fsp3) is 0.750. The molecule has 0 aromatic heterocycles. The molecule has 3 N–H and O–H groups in total. The predicted octanol–water partition coefficient (Wildman–Crippen LogP) is 1.18. The van der Waals surface area contributed by atoms with Crippen LogP contribution in [0.3, 0.4) is 0 Å². The van der Waals surface area contributed by atoms with Gasteiger partial charge in [0.2, 0.25) is 5.91 Å². The molecule has 0 aliphatic heterocycles.